The van der Waals surface area contributed by atoms with Crippen LogP contribution in [0.15, 0.2) is 6.20 Å². The van der Waals surface area contributed by atoms with Gasteiger partial charge in [0, 0.05) is 38.9 Å². The Morgan fingerprint density at radius 2 is 2.05 bits per heavy atom. The lowest BCUT2D eigenvalue weighted by atomic mass is 10.1. The Morgan fingerprint density at radius 3 is 2.48 bits per heavy atom. The van der Waals surface area contributed by atoms with Gasteiger partial charge in [-0.05, 0) is 13.3 Å². The van der Waals surface area contributed by atoms with Gasteiger partial charge in [-0.15, -0.1) is 0 Å². The summed E-state index contributed by atoms with van der Waals surface area (Å²) in [6.45, 7) is 7.01. The summed E-state index contributed by atoms with van der Waals surface area (Å²) >= 11 is 5.12. The third-order valence-corrected chi connectivity index (χ3v) is 4.50. The molecule has 6 nitrogen and oxygen atoms in total. The summed E-state index contributed by atoms with van der Waals surface area (Å²) in [4.78, 5) is 17.2. The van der Waals surface area contributed by atoms with E-state index < -0.39 is 0 Å². The lowest BCUT2D eigenvalue weighted by Crippen LogP contribution is -2.54. The molecule has 7 heteroatoms. The topological polar surface area (TPSA) is 67.4 Å². The number of aryl methyl sites for hydroxylation is 1. The number of nitrogens with two attached hydrogens (primary N) is 1. The minimum Gasteiger partial charge on any atom is -0.392 e. The predicted octanol–water partition coefficient (Wildman–Crippen LogP) is 0.551. The number of hydrogen-bond donors (Lipinski definition) is 1. The second kappa shape index (κ2) is 6.53. The minimum absolute atomic E-state index is 0.0589. The fraction of sp³-hybridized carbons (Fsp3) is 0.643. The van der Waals surface area contributed by atoms with Crippen LogP contribution in [0.2, 0.25) is 0 Å². The van der Waals surface area contributed by atoms with Gasteiger partial charge in [0.1, 0.15) is 0 Å². The molecule has 0 radical (unpaired) electrons. The van der Waals surface area contributed by atoms with Crippen LogP contribution in [0.5, 0.6) is 0 Å². The van der Waals surface area contributed by atoms with Crippen LogP contribution in [0.3, 0.4) is 0 Å². The molecule has 1 atom stereocenters. The molecule has 0 spiro atoms. The maximum Gasteiger partial charge on any atom is 0.257 e. The van der Waals surface area contributed by atoms with E-state index in [-0.39, 0.29) is 11.9 Å². The third-order valence-electron chi connectivity index (χ3n) is 4.22. The van der Waals surface area contributed by atoms with E-state index in [4.69, 9.17) is 18.0 Å². The molecule has 0 aliphatic carbocycles. The van der Waals surface area contributed by atoms with Crippen LogP contribution in [-0.4, -0.2) is 62.7 Å². The van der Waals surface area contributed by atoms with E-state index in [1.54, 1.807) is 10.9 Å². The van der Waals surface area contributed by atoms with Gasteiger partial charge in [-0.3, -0.25) is 14.4 Å². The van der Waals surface area contributed by atoms with Crippen molar-refractivity contribution in [3.8, 4) is 0 Å². The monoisotopic (exact) mass is 309 g/mol. The zero-order chi connectivity index (χ0) is 15.6. The summed E-state index contributed by atoms with van der Waals surface area (Å²) < 4.78 is 1.73. The Morgan fingerprint density at radius 1 is 1.43 bits per heavy atom. The first kappa shape index (κ1) is 15.9. The third kappa shape index (κ3) is 3.24. The molecule has 0 saturated carbocycles. The minimum atomic E-state index is 0.0589. The number of carbonyl (C=O) groups excluding carboxylic acids is 1. The van der Waals surface area contributed by atoms with E-state index in [0.29, 0.717) is 23.6 Å². The van der Waals surface area contributed by atoms with Crippen LogP contribution in [0, 0.1) is 6.92 Å². The molecule has 1 aromatic rings. The van der Waals surface area contributed by atoms with Crippen molar-refractivity contribution < 1.29 is 4.79 Å². The van der Waals surface area contributed by atoms with Crippen LogP contribution in [0.1, 0.15) is 29.4 Å². The van der Waals surface area contributed by atoms with Crippen molar-refractivity contribution in [1.29, 1.82) is 0 Å². The number of piperazine rings is 1. The zero-order valence-corrected chi connectivity index (χ0v) is 13.7. The smallest absolute Gasteiger partial charge is 0.257 e. The van der Waals surface area contributed by atoms with Crippen molar-refractivity contribution in [3.05, 3.63) is 17.5 Å². The first-order chi connectivity index (χ1) is 9.95. The van der Waals surface area contributed by atoms with E-state index >= 15 is 0 Å². The number of thiocarbonyl (C=S) groups is 1. The lowest BCUT2D eigenvalue weighted by molar-refractivity contribution is 0.0611. The molecular weight excluding hydrogens is 286 g/mol. The summed E-state index contributed by atoms with van der Waals surface area (Å²) in [7, 11) is 1.85. The Hall–Kier alpha value is -1.47. The molecule has 1 aromatic heterocycles. The van der Waals surface area contributed by atoms with E-state index in [1.807, 2.05) is 18.9 Å². The highest BCUT2D eigenvalue weighted by atomic mass is 32.1. The summed E-state index contributed by atoms with van der Waals surface area (Å²) in [6.07, 6.45) is 2.55. The van der Waals surface area contributed by atoms with Crippen LogP contribution in [0.4, 0.5) is 0 Å². The van der Waals surface area contributed by atoms with Gasteiger partial charge in [0.15, 0.2) is 0 Å². The number of hydrogen-bond acceptors (Lipinski definition) is 4. The second-order valence-corrected chi connectivity index (χ2v) is 5.89. The normalized spacial score (nSPS) is 17.8. The highest BCUT2D eigenvalue weighted by Crippen LogP contribution is 2.14. The molecule has 1 unspecified atom stereocenters. The first-order valence-electron chi connectivity index (χ1n) is 7.27. The van der Waals surface area contributed by atoms with Gasteiger partial charge in [0.25, 0.3) is 5.91 Å². The van der Waals surface area contributed by atoms with Gasteiger partial charge in [-0.1, -0.05) is 19.1 Å². The number of nitrogens with zero attached hydrogens (tertiary/aromatic N) is 4. The quantitative estimate of drug-likeness (QED) is 0.823. The maximum atomic E-state index is 12.5. The molecule has 2 rings (SSSR count). The number of amides is 1. The summed E-state index contributed by atoms with van der Waals surface area (Å²) in [5.74, 6) is 0.0589. The maximum absolute atomic E-state index is 12.5. The SMILES string of the molecule is CCC(C(N)=S)N1CCN(C(=O)c2cnn(C)c2C)CC1. The second-order valence-electron chi connectivity index (χ2n) is 5.42. The molecule has 1 saturated heterocycles. The lowest BCUT2D eigenvalue weighted by Gasteiger charge is -2.38. The van der Waals surface area contributed by atoms with Crippen molar-refractivity contribution in [1.82, 2.24) is 19.6 Å². The van der Waals surface area contributed by atoms with Gasteiger partial charge in [-0.2, -0.15) is 5.10 Å². The molecule has 21 heavy (non-hydrogen) atoms. The van der Waals surface area contributed by atoms with E-state index in [9.17, 15) is 4.79 Å². The van der Waals surface area contributed by atoms with E-state index in [1.165, 1.54) is 0 Å². The standard InChI is InChI=1S/C14H23N5OS/c1-4-12(13(15)21)18-5-7-19(8-6-18)14(20)11-9-16-17(3)10(11)2/h9,12H,4-8H2,1-3H3,(H2,15,21). The highest BCUT2D eigenvalue weighted by Gasteiger charge is 2.28. The molecule has 2 heterocycles. The van der Waals surface area contributed by atoms with Gasteiger partial charge in [-0.25, -0.2) is 0 Å². The number of carbonyl (C=O) groups is 1. The molecule has 1 amide bonds. The van der Waals surface area contributed by atoms with Gasteiger partial charge in [0.2, 0.25) is 0 Å². The number of rotatable bonds is 4. The van der Waals surface area contributed by atoms with Crippen LogP contribution < -0.4 is 5.73 Å². The van der Waals surface area contributed by atoms with Crippen molar-refractivity contribution in [2.75, 3.05) is 26.2 Å². The summed E-state index contributed by atoms with van der Waals surface area (Å²) in [5.41, 5.74) is 7.37. The van der Waals surface area contributed by atoms with E-state index in [2.05, 4.69) is 16.9 Å². The summed E-state index contributed by atoms with van der Waals surface area (Å²) in [6, 6.07) is 0.136. The predicted molar refractivity (Wildman–Crippen MR) is 86.3 cm³/mol. The van der Waals surface area contributed by atoms with Crippen LogP contribution in [0.25, 0.3) is 0 Å². The van der Waals surface area contributed by atoms with Gasteiger partial charge in [0.05, 0.1) is 22.8 Å². The van der Waals surface area contributed by atoms with Crippen molar-refractivity contribution in [2.45, 2.75) is 26.3 Å². The summed E-state index contributed by atoms with van der Waals surface area (Å²) in [5, 5.41) is 4.14. The molecular formula is C14H23N5OS. The average molecular weight is 309 g/mol. The highest BCUT2D eigenvalue weighted by molar-refractivity contribution is 7.80. The fourth-order valence-electron chi connectivity index (χ4n) is 2.76. The zero-order valence-electron chi connectivity index (χ0n) is 12.9. The molecule has 0 bridgehead atoms. The van der Waals surface area contributed by atoms with Gasteiger partial charge < -0.3 is 10.6 Å². The molecule has 1 fully saturated rings. The van der Waals surface area contributed by atoms with Crippen molar-refractivity contribution >= 4 is 23.1 Å². The fourth-order valence-corrected chi connectivity index (χ4v) is 3.07. The Balaban J connectivity index is 1.99. The van der Waals surface area contributed by atoms with E-state index in [0.717, 1.165) is 25.2 Å². The van der Waals surface area contributed by atoms with Gasteiger partial charge >= 0.3 is 0 Å². The van der Waals surface area contributed by atoms with Crippen molar-refractivity contribution in [2.24, 2.45) is 12.8 Å². The Kier molecular flexibility index (Phi) is 4.95. The largest absolute Gasteiger partial charge is 0.392 e. The Labute approximate surface area is 130 Å². The van der Waals surface area contributed by atoms with Crippen molar-refractivity contribution in [3.63, 3.8) is 0 Å². The molecule has 2 N–H and O–H groups in total. The molecule has 1 aliphatic rings. The molecule has 116 valence electrons. The van der Waals surface area contributed by atoms with Crippen LogP contribution >= 0.6 is 12.2 Å². The molecule has 1 aliphatic heterocycles. The van der Waals surface area contributed by atoms with Crippen LogP contribution in [-0.2, 0) is 7.05 Å². The Bertz CT molecular complexity index is 533. The average Bonchev–Trinajstić information content (AvgIpc) is 2.79. The first-order valence-corrected chi connectivity index (χ1v) is 7.67. The molecule has 0 aromatic carbocycles. The number of aromatic nitrogens is 2.